The number of hydrogen-bond donors (Lipinski definition) is 0. The smallest absolute Gasteiger partial charge is 0.0253 e. The van der Waals surface area contributed by atoms with E-state index in [0.29, 0.717) is 5.41 Å². The molecule has 0 amide bonds. The van der Waals surface area contributed by atoms with Crippen molar-refractivity contribution in [1.82, 2.24) is 0 Å². The van der Waals surface area contributed by atoms with Gasteiger partial charge in [-0.3, -0.25) is 0 Å². The van der Waals surface area contributed by atoms with Gasteiger partial charge in [0.2, 0.25) is 0 Å². The molecule has 42 heavy (non-hydrogen) atoms. The molecule has 0 atom stereocenters. The minimum absolute atomic E-state index is 0. The van der Waals surface area contributed by atoms with E-state index in [0.717, 1.165) is 19.3 Å². The number of aryl methyl sites for hydroxylation is 2. The molecule has 0 aromatic heterocycles. The minimum atomic E-state index is 0. The van der Waals surface area contributed by atoms with Gasteiger partial charge in [-0.25, -0.2) is 6.07 Å². The van der Waals surface area contributed by atoms with Gasteiger partial charge in [0.15, 0.2) is 0 Å². The third-order valence-electron chi connectivity index (χ3n) is 7.37. The van der Waals surface area contributed by atoms with Crippen LogP contribution in [0.25, 0.3) is 11.1 Å². The van der Waals surface area contributed by atoms with Gasteiger partial charge in [-0.2, -0.15) is 52.6 Å². The van der Waals surface area contributed by atoms with E-state index in [1.807, 2.05) is 6.07 Å². The number of halogens is 2. The van der Waals surface area contributed by atoms with Crippen molar-refractivity contribution in [2.75, 3.05) is 0 Å². The molecule has 1 aliphatic rings. The second kappa shape index (κ2) is 17.0. The molecule has 0 aliphatic heterocycles. The van der Waals surface area contributed by atoms with Crippen LogP contribution in [0.4, 0.5) is 0 Å². The SMILES string of the molecule is CCc1cc(C(C)(C)C)c(CC)[cH-]1.[Cl-].[Cl-].[Zr+2]=[C](c1ccccc1)c1ccccc1.[c-]1cccc2c1Cc1ccccc1-2. The maximum Gasteiger partial charge on any atom is -0.0253 e. The van der Waals surface area contributed by atoms with Gasteiger partial charge in [-0.05, 0) is 6.42 Å². The third-order valence-corrected chi connectivity index (χ3v) is 8.79. The van der Waals surface area contributed by atoms with E-state index in [1.165, 1.54) is 77.5 Å². The summed E-state index contributed by atoms with van der Waals surface area (Å²) in [6.07, 6.45) is 3.36. The van der Waals surface area contributed by atoms with Crippen molar-refractivity contribution in [2.45, 2.75) is 59.3 Å². The Hall–Kier alpha value is -2.44. The minimum Gasteiger partial charge on any atom is -0.179 e. The molecule has 0 nitrogen and oxygen atoms in total. The predicted octanol–water partition coefficient (Wildman–Crippen LogP) is 3.70. The van der Waals surface area contributed by atoms with Crippen molar-refractivity contribution in [1.29, 1.82) is 0 Å². The summed E-state index contributed by atoms with van der Waals surface area (Å²) in [5, 5.41) is 0. The molecule has 5 aromatic rings. The Bertz CT molecular complexity index is 1440. The van der Waals surface area contributed by atoms with Crippen LogP contribution in [0.15, 0.2) is 115 Å². The summed E-state index contributed by atoms with van der Waals surface area (Å²) in [6, 6.07) is 43.9. The van der Waals surface area contributed by atoms with Crippen molar-refractivity contribution in [3.8, 4) is 11.1 Å². The van der Waals surface area contributed by atoms with E-state index in [4.69, 9.17) is 0 Å². The first-order valence-corrected chi connectivity index (χ1v) is 15.6. The van der Waals surface area contributed by atoms with Gasteiger partial charge >= 0.3 is 99.2 Å². The fourth-order valence-corrected chi connectivity index (χ4v) is 6.01. The normalized spacial score (nSPS) is 10.8. The van der Waals surface area contributed by atoms with Crippen LogP contribution in [0, 0.1) is 6.07 Å². The molecular formula is C39H40Cl2Zr-2. The Balaban J connectivity index is 0.000000215. The third kappa shape index (κ3) is 9.28. The summed E-state index contributed by atoms with van der Waals surface area (Å²) in [5.41, 5.74) is 13.0. The largest absolute Gasteiger partial charge is 0.179 e. The molecular weight excluding hydrogens is 631 g/mol. The number of rotatable bonds is 4. The van der Waals surface area contributed by atoms with Gasteiger partial charge in [0.05, 0.1) is 0 Å². The molecule has 6 rings (SSSR count). The van der Waals surface area contributed by atoms with Crippen LogP contribution in [-0.2, 0) is 48.9 Å². The summed E-state index contributed by atoms with van der Waals surface area (Å²) in [4.78, 5) is 0. The zero-order chi connectivity index (χ0) is 28.5. The molecule has 0 unspecified atom stereocenters. The summed E-state index contributed by atoms with van der Waals surface area (Å²) in [5.74, 6) is 0. The van der Waals surface area contributed by atoms with Crippen LogP contribution in [0.5, 0.6) is 0 Å². The zero-order valence-corrected chi connectivity index (χ0v) is 29.3. The predicted molar refractivity (Wildman–Crippen MR) is 169 cm³/mol. The molecule has 3 heteroatoms. The molecule has 0 bridgehead atoms. The van der Waals surface area contributed by atoms with Crippen LogP contribution in [-0.4, -0.2) is 3.21 Å². The fourth-order valence-electron chi connectivity index (χ4n) is 5.19. The Morgan fingerprint density at radius 1 is 0.738 bits per heavy atom. The van der Waals surface area contributed by atoms with E-state index >= 15 is 0 Å². The van der Waals surface area contributed by atoms with Crippen LogP contribution in [0.3, 0.4) is 0 Å². The second-order valence-corrected chi connectivity index (χ2v) is 12.5. The number of hydrogen-bond acceptors (Lipinski definition) is 0. The molecule has 0 radical (unpaired) electrons. The van der Waals surface area contributed by atoms with Gasteiger partial charge in [-0.1, -0.05) is 88.3 Å². The van der Waals surface area contributed by atoms with E-state index in [2.05, 4.69) is 150 Å². The Kier molecular flexibility index (Phi) is 14.5. The Morgan fingerprint density at radius 3 is 1.81 bits per heavy atom. The Labute approximate surface area is 281 Å². The summed E-state index contributed by atoms with van der Waals surface area (Å²) >= 11 is 1.46. The fraction of sp³-hybridized carbons (Fsp3) is 0.231. The average molecular weight is 671 g/mol. The molecule has 216 valence electrons. The van der Waals surface area contributed by atoms with Gasteiger partial charge in [0.25, 0.3) is 0 Å². The van der Waals surface area contributed by atoms with E-state index in [9.17, 15) is 0 Å². The summed E-state index contributed by atoms with van der Waals surface area (Å²) in [7, 11) is 0. The van der Waals surface area contributed by atoms with E-state index in [-0.39, 0.29) is 24.8 Å². The first kappa shape index (κ1) is 35.8. The second-order valence-electron chi connectivity index (χ2n) is 11.3. The maximum absolute atomic E-state index is 3.30. The molecule has 0 spiro atoms. The van der Waals surface area contributed by atoms with Crippen molar-refractivity contribution in [3.05, 3.63) is 160 Å². The molecule has 0 heterocycles. The average Bonchev–Trinajstić information content (AvgIpc) is 3.60. The zero-order valence-electron chi connectivity index (χ0n) is 25.3. The standard InChI is InChI=1S/C13H9.C13H10.C13H21.2ClH.Zr/c1-3-7-12-10(5-1)9-11-6-2-4-8-13(11)12;1-3-7-12(8-4-1)11-13-9-5-2-6-10-13;1-6-10-8-11(7-2)12(9-10)13(3,4)5;;;/h1-5,7-8H,9H2;1-10H;8-9H,6-7H2,1-5H3;2*1H;/q-1;;-1;;;+2/p-2. The van der Waals surface area contributed by atoms with Gasteiger partial charge in [-0.15, -0.1) is 5.56 Å². The van der Waals surface area contributed by atoms with Crippen molar-refractivity contribution >= 4 is 3.21 Å². The molecule has 0 N–H and O–H groups in total. The van der Waals surface area contributed by atoms with E-state index in [1.54, 1.807) is 0 Å². The summed E-state index contributed by atoms with van der Waals surface area (Å²) < 4.78 is 1.42. The summed E-state index contributed by atoms with van der Waals surface area (Å²) in [6.45, 7) is 11.3. The van der Waals surface area contributed by atoms with Gasteiger partial charge < -0.3 is 24.8 Å². The van der Waals surface area contributed by atoms with Crippen LogP contribution < -0.4 is 24.8 Å². The number of fused-ring (bicyclic) bond motifs is 3. The molecule has 1 aliphatic carbocycles. The monoisotopic (exact) mass is 668 g/mol. The Morgan fingerprint density at radius 2 is 1.29 bits per heavy atom. The number of benzene rings is 4. The van der Waals surface area contributed by atoms with Gasteiger partial charge in [0.1, 0.15) is 0 Å². The van der Waals surface area contributed by atoms with Crippen LogP contribution in [0.2, 0.25) is 0 Å². The van der Waals surface area contributed by atoms with Crippen LogP contribution in [0.1, 0.15) is 73.6 Å². The van der Waals surface area contributed by atoms with Crippen molar-refractivity contribution in [3.63, 3.8) is 0 Å². The first-order chi connectivity index (χ1) is 19.3. The van der Waals surface area contributed by atoms with Gasteiger partial charge in [0, 0.05) is 0 Å². The van der Waals surface area contributed by atoms with Crippen LogP contribution >= 0.6 is 0 Å². The molecule has 0 saturated carbocycles. The topological polar surface area (TPSA) is 0 Å². The first-order valence-electron chi connectivity index (χ1n) is 14.4. The quantitative estimate of drug-likeness (QED) is 0.251. The molecule has 0 fully saturated rings. The van der Waals surface area contributed by atoms with E-state index < -0.39 is 0 Å². The van der Waals surface area contributed by atoms with Crippen molar-refractivity contribution in [2.24, 2.45) is 0 Å². The van der Waals surface area contributed by atoms with Crippen molar-refractivity contribution < 1.29 is 49.0 Å². The molecule has 0 saturated heterocycles. The maximum atomic E-state index is 3.30. The molecule has 5 aromatic carbocycles.